The van der Waals surface area contributed by atoms with Crippen LogP contribution in [0.25, 0.3) is 11.0 Å². The van der Waals surface area contributed by atoms with Crippen molar-refractivity contribution in [2.45, 2.75) is 50.6 Å². The lowest BCUT2D eigenvalue weighted by atomic mass is 10.0. The third-order valence-electron chi connectivity index (χ3n) is 4.79. The number of aromatic nitrogens is 3. The quantitative estimate of drug-likeness (QED) is 0.351. The Morgan fingerprint density at radius 1 is 1.33 bits per heavy atom. The molecule has 0 amide bonds. The molecule has 2 aromatic rings. The van der Waals surface area contributed by atoms with E-state index in [-0.39, 0.29) is 12.5 Å². The van der Waals surface area contributed by atoms with E-state index in [1.807, 2.05) is 13.8 Å². The third-order valence-corrected chi connectivity index (χ3v) is 4.79. The lowest BCUT2D eigenvalue weighted by Gasteiger charge is -2.18. The van der Waals surface area contributed by atoms with Crippen molar-refractivity contribution in [3.63, 3.8) is 0 Å². The zero-order chi connectivity index (χ0) is 19.7. The van der Waals surface area contributed by atoms with Gasteiger partial charge >= 0.3 is 5.97 Å². The largest absolute Gasteiger partial charge is 0.463 e. The van der Waals surface area contributed by atoms with E-state index in [0.29, 0.717) is 28.8 Å². The van der Waals surface area contributed by atoms with Gasteiger partial charge in [0.05, 0.1) is 17.6 Å². The van der Waals surface area contributed by atoms with Crippen molar-refractivity contribution < 1.29 is 19.7 Å². The summed E-state index contributed by atoms with van der Waals surface area (Å²) in [6, 6.07) is -1.95. The molecule has 1 unspecified atom stereocenters. The fourth-order valence-corrected chi connectivity index (χ4v) is 3.38. The van der Waals surface area contributed by atoms with Crippen LogP contribution in [0.5, 0.6) is 0 Å². The Kier molecular flexibility index (Phi) is 5.61. The fraction of sp³-hybridized carbons (Fsp3) is 0.588. The first kappa shape index (κ1) is 19.5. The van der Waals surface area contributed by atoms with Gasteiger partial charge in [-0.3, -0.25) is 10.1 Å². The smallest absolute Gasteiger partial charge is 0.322 e. The maximum atomic E-state index is 12.0. The van der Waals surface area contributed by atoms with Crippen molar-refractivity contribution in [1.82, 2.24) is 20.3 Å². The van der Waals surface area contributed by atoms with Crippen LogP contribution in [0.2, 0.25) is 0 Å². The van der Waals surface area contributed by atoms with E-state index >= 15 is 0 Å². The lowest BCUT2D eigenvalue weighted by molar-refractivity contribution is -0.147. The van der Waals surface area contributed by atoms with Crippen LogP contribution in [-0.4, -0.2) is 62.0 Å². The van der Waals surface area contributed by atoms with Gasteiger partial charge in [-0.15, -0.1) is 0 Å². The van der Waals surface area contributed by atoms with Crippen LogP contribution in [-0.2, 0) is 9.53 Å². The number of aliphatic hydroxyl groups excluding tert-OH is 2. The van der Waals surface area contributed by atoms with E-state index in [1.165, 1.54) is 6.33 Å². The number of hydrogen-bond donors (Lipinski definition) is 6. The van der Waals surface area contributed by atoms with Crippen molar-refractivity contribution in [2.75, 3.05) is 12.3 Å². The molecule has 148 valence electrons. The maximum Gasteiger partial charge on any atom is 0.322 e. The van der Waals surface area contributed by atoms with E-state index in [1.54, 1.807) is 6.20 Å². The monoisotopic (exact) mass is 378 g/mol. The number of anilines is 1. The van der Waals surface area contributed by atoms with Gasteiger partial charge < -0.3 is 31.4 Å². The lowest BCUT2D eigenvalue weighted by Crippen LogP contribution is -2.41. The fourth-order valence-electron chi connectivity index (χ4n) is 3.38. The minimum absolute atomic E-state index is 0.0984. The number of esters is 1. The summed E-state index contributed by atoms with van der Waals surface area (Å²) in [6.45, 7) is 3.83. The number of rotatable bonds is 6. The van der Waals surface area contributed by atoms with Gasteiger partial charge in [0.2, 0.25) is 0 Å². The van der Waals surface area contributed by atoms with Gasteiger partial charge in [-0.2, -0.15) is 0 Å². The predicted octanol–water partition coefficient (Wildman–Crippen LogP) is -0.809. The molecule has 0 spiro atoms. The number of carbonyl (C=O) groups is 1. The van der Waals surface area contributed by atoms with Crippen LogP contribution in [0.3, 0.4) is 0 Å². The van der Waals surface area contributed by atoms with E-state index in [9.17, 15) is 15.0 Å². The molecule has 1 aliphatic rings. The molecule has 1 aliphatic heterocycles. The van der Waals surface area contributed by atoms with Crippen molar-refractivity contribution in [1.29, 1.82) is 0 Å². The molecule has 0 bridgehead atoms. The highest BCUT2D eigenvalue weighted by atomic mass is 16.5. The molecule has 2 aromatic heterocycles. The molecular weight excluding hydrogens is 352 g/mol. The Bertz CT molecular complexity index is 810. The summed E-state index contributed by atoms with van der Waals surface area (Å²) < 4.78 is 5.23. The normalized spacial score (nSPS) is 26.6. The second-order valence-corrected chi connectivity index (χ2v) is 7.32. The Hall–Kier alpha value is -2.27. The summed E-state index contributed by atoms with van der Waals surface area (Å²) in [5, 5.41) is 23.9. The Morgan fingerprint density at radius 3 is 2.78 bits per heavy atom. The number of nitrogens with zero attached hydrogens (tertiary/aromatic N) is 2. The average Bonchev–Trinajstić information content (AvgIpc) is 3.16. The van der Waals surface area contributed by atoms with Gasteiger partial charge in [0.1, 0.15) is 36.7 Å². The summed E-state index contributed by atoms with van der Waals surface area (Å²) >= 11 is 0. The number of fused-ring (bicyclic) bond motifs is 1. The molecule has 1 saturated heterocycles. The molecule has 3 rings (SSSR count). The molecule has 1 fully saturated rings. The SMILES string of the molecule is CC(C)C[C@H](N)C(=O)OCC1N[C@@H](c2c[nH]c3c(N)ncnc23)[C@H](O)[C@@H]1O. The number of H-pyrrole nitrogens is 1. The van der Waals surface area contributed by atoms with Gasteiger partial charge in [-0.25, -0.2) is 9.97 Å². The van der Waals surface area contributed by atoms with Gasteiger partial charge in [0.25, 0.3) is 0 Å². The van der Waals surface area contributed by atoms with Crippen LogP contribution in [0, 0.1) is 5.92 Å². The molecular formula is C17H26N6O4. The van der Waals surface area contributed by atoms with E-state index in [0.717, 1.165) is 0 Å². The first-order valence-electron chi connectivity index (χ1n) is 8.91. The van der Waals surface area contributed by atoms with Gasteiger partial charge in [0, 0.05) is 11.8 Å². The van der Waals surface area contributed by atoms with Crippen LogP contribution >= 0.6 is 0 Å². The zero-order valence-electron chi connectivity index (χ0n) is 15.3. The molecule has 0 aliphatic carbocycles. The third kappa shape index (κ3) is 3.88. The average molecular weight is 378 g/mol. The molecule has 10 nitrogen and oxygen atoms in total. The number of hydrogen-bond acceptors (Lipinski definition) is 9. The number of aromatic amines is 1. The number of nitrogens with one attached hydrogen (secondary N) is 2. The topological polar surface area (TPSA) is 172 Å². The van der Waals surface area contributed by atoms with E-state index in [2.05, 4.69) is 20.3 Å². The molecule has 0 radical (unpaired) electrons. The van der Waals surface area contributed by atoms with Crippen LogP contribution < -0.4 is 16.8 Å². The second-order valence-electron chi connectivity index (χ2n) is 7.32. The Labute approximate surface area is 156 Å². The molecule has 0 aromatic carbocycles. The minimum atomic E-state index is -1.12. The molecule has 10 heteroatoms. The maximum absolute atomic E-state index is 12.0. The number of nitrogen functional groups attached to an aromatic ring is 1. The van der Waals surface area contributed by atoms with Crippen LogP contribution in [0.1, 0.15) is 31.9 Å². The van der Waals surface area contributed by atoms with Crippen molar-refractivity contribution in [2.24, 2.45) is 11.7 Å². The molecule has 8 N–H and O–H groups in total. The summed E-state index contributed by atoms with van der Waals surface area (Å²) in [5.41, 5.74) is 13.4. The predicted molar refractivity (Wildman–Crippen MR) is 98.4 cm³/mol. The zero-order valence-corrected chi connectivity index (χ0v) is 15.3. The highest BCUT2D eigenvalue weighted by Gasteiger charge is 2.43. The van der Waals surface area contributed by atoms with Crippen molar-refractivity contribution >= 4 is 22.8 Å². The van der Waals surface area contributed by atoms with E-state index < -0.39 is 36.3 Å². The van der Waals surface area contributed by atoms with E-state index in [4.69, 9.17) is 16.2 Å². The summed E-state index contributed by atoms with van der Waals surface area (Å²) in [5.74, 6) is 0.0393. The Balaban J connectivity index is 1.69. The molecule has 5 atom stereocenters. The number of aliphatic hydroxyl groups is 2. The number of ether oxygens (including phenoxy) is 1. The first-order valence-corrected chi connectivity index (χ1v) is 8.91. The molecule has 27 heavy (non-hydrogen) atoms. The minimum Gasteiger partial charge on any atom is -0.463 e. The summed E-state index contributed by atoms with van der Waals surface area (Å²) in [7, 11) is 0. The summed E-state index contributed by atoms with van der Waals surface area (Å²) in [4.78, 5) is 23.1. The number of nitrogens with two attached hydrogens (primary N) is 2. The highest BCUT2D eigenvalue weighted by Crippen LogP contribution is 2.32. The standard InChI is InChI=1S/C17H26N6O4/c1-7(2)3-9(18)17(26)27-5-10-14(24)15(25)12(23-10)8-4-20-13-11(8)21-6-22-16(13)19/h4,6-7,9-10,12,14-15,20,23-25H,3,5,18H2,1-2H3,(H2,19,21,22)/t9-,10?,12-,14+,15-/m0/s1. The second kappa shape index (κ2) is 7.77. The van der Waals surface area contributed by atoms with Crippen LogP contribution in [0.4, 0.5) is 5.82 Å². The van der Waals surface area contributed by atoms with Crippen molar-refractivity contribution in [3.05, 3.63) is 18.1 Å². The van der Waals surface area contributed by atoms with Gasteiger partial charge in [-0.05, 0) is 12.3 Å². The van der Waals surface area contributed by atoms with Gasteiger partial charge in [0.15, 0.2) is 5.82 Å². The summed E-state index contributed by atoms with van der Waals surface area (Å²) in [6.07, 6.45) is 1.29. The van der Waals surface area contributed by atoms with Gasteiger partial charge in [-0.1, -0.05) is 13.8 Å². The van der Waals surface area contributed by atoms with Crippen molar-refractivity contribution in [3.8, 4) is 0 Å². The Morgan fingerprint density at radius 2 is 2.07 bits per heavy atom. The number of carbonyl (C=O) groups excluding carboxylic acids is 1. The molecule has 0 saturated carbocycles. The first-order chi connectivity index (χ1) is 12.8. The van der Waals surface area contributed by atoms with Crippen LogP contribution in [0.15, 0.2) is 12.5 Å². The highest BCUT2D eigenvalue weighted by molar-refractivity contribution is 5.87. The molecule has 3 heterocycles.